The summed E-state index contributed by atoms with van der Waals surface area (Å²) in [6.45, 7) is 10.5. The Hall–Kier alpha value is -4.00. The second-order valence-electron chi connectivity index (χ2n) is 12.6. The molecule has 1 fully saturated rings. The van der Waals surface area contributed by atoms with Gasteiger partial charge in [0.15, 0.2) is 5.13 Å². The second kappa shape index (κ2) is 15.5. The number of aromatic nitrogens is 1. The van der Waals surface area contributed by atoms with Crippen molar-refractivity contribution in [1.29, 1.82) is 0 Å². The van der Waals surface area contributed by atoms with Crippen molar-refractivity contribution in [2.45, 2.75) is 65.0 Å². The first-order valence-corrected chi connectivity index (χ1v) is 16.8. The summed E-state index contributed by atoms with van der Waals surface area (Å²) in [6, 6.07) is 14.0. The number of para-hydroxylation sites is 2. The maximum Gasteiger partial charge on any atom is 0.412 e. The summed E-state index contributed by atoms with van der Waals surface area (Å²) in [5, 5.41) is 9.29. The van der Waals surface area contributed by atoms with E-state index in [1.807, 2.05) is 17.0 Å². The first kappa shape index (κ1) is 33.4. The maximum atomic E-state index is 13.5. The third kappa shape index (κ3) is 9.75. The molecule has 3 aromatic rings. The van der Waals surface area contributed by atoms with Crippen LogP contribution in [0.3, 0.4) is 0 Å². The molecular formula is C34H44N6O5S. The smallest absolute Gasteiger partial charge is 0.412 e. The summed E-state index contributed by atoms with van der Waals surface area (Å²) in [5.74, 6) is -0.321. The fourth-order valence-corrected chi connectivity index (χ4v) is 6.47. The van der Waals surface area contributed by atoms with Crippen LogP contribution in [0.15, 0.2) is 48.5 Å². The summed E-state index contributed by atoms with van der Waals surface area (Å²) in [5.41, 5.74) is 2.71. The van der Waals surface area contributed by atoms with Gasteiger partial charge in [-0.15, -0.1) is 11.3 Å². The first-order chi connectivity index (χ1) is 22.1. The largest absolute Gasteiger partial charge is 0.444 e. The van der Waals surface area contributed by atoms with Crippen molar-refractivity contribution < 1.29 is 23.9 Å². The van der Waals surface area contributed by atoms with E-state index in [0.29, 0.717) is 35.2 Å². The van der Waals surface area contributed by atoms with Crippen molar-refractivity contribution in [3.8, 4) is 0 Å². The number of anilines is 3. The number of hydrogen-bond acceptors (Lipinski definition) is 8. The molecule has 46 heavy (non-hydrogen) atoms. The monoisotopic (exact) mass is 648 g/mol. The number of thiazole rings is 1. The average molecular weight is 649 g/mol. The van der Waals surface area contributed by atoms with Crippen molar-refractivity contribution in [2.75, 3.05) is 55.3 Å². The van der Waals surface area contributed by atoms with E-state index in [1.165, 1.54) is 11.3 Å². The molecule has 0 bridgehead atoms. The molecular weight excluding hydrogens is 604 g/mol. The topological polar surface area (TPSA) is 125 Å². The predicted molar refractivity (Wildman–Crippen MR) is 181 cm³/mol. The number of hydrogen-bond donors (Lipinski definition) is 3. The molecule has 0 atom stereocenters. The summed E-state index contributed by atoms with van der Waals surface area (Å²) < 4.78 is 10.8. The molecule has 1 aliphatic carbocycles. The van der Waals surface area contributed by atoms with Crippen molar-refractivity contribution in [1.82, 2.24) is 14.8 Å². The van der Waals surface area contributed by atoms with Gasteiger partial charge in [0.25, 0.3) is 5.91 Å². The van der Waals surface area contributed by atoms with Gasteiger partial charge in [-0.3, -0.25) is 20.3 Å². The van der Waals surface area contributed by atoms with Crippen molar-refractivity contribution in [2.24, 2.45) is 0 Å². The van der Waals surface area contributed by atoms with Gasteiger partial charge in [0.2, 0.25) is 0 Å². The van der Waals surface area contributed by atoms with Crippen LogP contribution in [-0.2, 0) is 28.9 Å². The van der Waals surface area contributed by atoms with Crippen LogP contribution < -0.4 is 16.0 Å². The van der Waals surface area contributed by atoms with E-state index in [0.717, 1.165) is 69.8 Å². The number of ether oxygens (including phenoxy) is 2. The minimum Gasteiger partial charge on any atom is -0.444 e. The highest BCUT2D eigenvalue weighted by atomic mass is 32.1. The van der Waals surface area contributed by atoms with E-state index in [2.05, 4.69) is 20.9 Å². The number of benzene rings is 2. The van der Waals surface area contributed by atoms with Crippen LogP contribution >= 0.6 is 11.3 Å². The minimum absolute atomic E-state index is 0.177. The Morgan fingerprint density at radius 3 is 2.35 bits per heavy atom. The number of fused-ring (bicyclic) bond motifs is 1. The Morgan fingerprint density at radius 2 is 1.65 bits per heavy atom. The normalized spacial score (nSPS) is 15.0. The van der Waals surface area contributed by atoms with E-state index in [4.69, 9.17) is 14.5 Å². The summed E-state index contributed by atoms with van der Waals surface area (Å²) in [7, 11) is 0. The zero-order valence-electron chi connectivity index (χ0n) is 26.9. The van der Waals surface area contributed by atoms with E-state index in [1.54, 1.807) is 68.5 Å². The fraction of sp³-hybridized carbons (Fsp3) is 0.471. The Labute approximate surface area is 274 Å². The molecule has 0 saturated carbocycles. The number of nitrogens with zero attached hydrogens (tertiary/aromatic N) is 3. The highest BCUT2D eigenvalue weighted by Crippen LogP contribution is 2.30. The lowest BCUT2D eigenvalue weighted by Gasteiger charge is -2.28. The van der Waals surface area contributed by atoms with Crippen LogP contribution in [-0.4, -0.2) is 77.8 Å². The number of amides is 4. The molecule has 0 spiro atoms. The lowest BCUT2D eigenvalue weighted by Crippen LogP contribution is -2.40. The average Bonchev–Trinajstić information content (AvgIpc) is 3.44. The van der Waals surface area contributed by atoms with Crippen LogP contribution in [0.2, 0.25) is 0 Å². The Bertz CT molecular complexity index is 1470. The molecule has 2 aromatic carbocycles. The SMILES string of the molecule is CC(C)(C)OC(=O)Nc1ccccc1NC(=O)c1ccc(CN(CCCN2CCOCC2)C(=O)Nc2nc3c(s2)CCCC3)cc1. The van der Waals surface area contributed by atoms with E-state index in [9.17, 15) is 14.4 Å². The van der Waals surface area contributed by atoms with Gasteiger partial charge in [0.1, 0.15) is 5.60 Å². The minimum atomic E-state index is -0.649. The zero-order chi connectivity index (χ0) is 32.5. The highest BCUT2D eigenvalue weighted by molar-refractivity contribution is 7.15. The van der Waals surface area contributed by atoms with E-state index >= 15 is 0 Å². The fourth-order valence-electron chi connectivity index (χ4n) is 5.43. The van der Waals surface area contributed by atoms with Crippen LogP contribution in [0.25, 0.3) is 0 Å². The Balaban J connectivity index is 1.22. The third-order valence-electron chi connectivity index (χ3n) is 7.75. The quantitative estimate of drug-likeness (QED) is 0.233. The molecule has 12 heteroatoms. The molecule has 4 amide bonds. The number of carbonyl (C=O) groups excluding carboxylic acids is 3. The predicted octanol–water partition coefficient (Wildman–Crippen LogP) is 6.38. The third-order valence-corrected chi connectivity index (χ3v) is 8.83. The standard InChI is InChI=1S/C34H44N6O5S/c1-34(2,3)45-33(43)37-27-10-5-4-9-26(27)35-30(41)25-15-13-24(14-16-25)23-40(18-8-17-39-19-21-44-22-20-39)32(42)38-31-36-28-11-6-7-12-29(28)46-31/h4-5,9-10,13-16H,6-8,11-12,17-23H2,1-3H3,(H,35,41)(H,37,43)(H,36,38,42). The molecule has 1 aromatic heterocycles. The maximum absolute atomic E-state index is 13.5. The first-order valence-electron chi connectivity index (χ1n) is 16.0. The summed E-state index contributed by atoms with van der Waals surface area (Å²) in [6.07, 6.45) is 4.53. The summed E-state index contributed by atoms with van der Waals surface area (Å²) in [4.78, 5) is 49.1. The second-order valence-corrected chi connectivity index (χ2v) is 13.7. The van der Waals surface area contributed by atoms with Crippen molar-refractivity contribution in [3.05, 3.63) is 70.2 Å². The van der Waals surface area contributed by atoms with Gasteiger partial charge in [-0.25, -0.2) is 14.6 Å². The van der Waals surface area contributed by atoms with Gasteiger partial charge >= 0.3 is 12.1 Å². The van der Waals surface area contributed by atoms with Gasteiger partial charge in [-0.05, 0) is 82.7 Å². The van der Waals surface area contributed by atoms with Gasteiger partial charge < -0.3 is 19.7 Å². The van der Waals surface area contributed by atoms with Gasteiger partial charge in [-0.2, -0.15) is 0 Å². The number of aryl methyl sites for hydroxylation is 2. The lowest BCUT2D eigenvalue weighted by atomic mass is 10.0. The van der Waals surface area contributed by atoms with Crippen LogP contribution in [0.4, 0.5) is 26.1 Å². The molecule has 0 unspecified atom stereocenters. The number of rotatable bonds is 10. The number of morpholine rings is 1. The molecule has 0 radical (unpaired) electrons. The Kier molecular flexibility index (Phi) is 11.3. The Morgan fingerprint density at radius 1 is 0.957 bits per heavy atom. The number of urea groups is 1. The summed E-state index contributed by atoms with van der Waals surface area (Å²) >= 11 is 1.58. The number of nitrogens with one attached hydrogen (secondary N) is 3. The number of carbonyl (C=O) groups is 3. The van der Waals surface area contributed by atoms with E-state index in [-0.39, 0.29) is 11.9 Å². The van der Waals surface area contributed by atoms with Crippen LogP contribution in [0.5, 0.6) is 0 Å². The van der Waals surface area contributed by atoms with Gasteiger partial charge in [0.05, 0.1) is 30.3 Å². The molecule has 2 aliphatic rings. The van der Waals surface area contributed by atoms with Gasteiger partial charge in [-0.1, -0.05) is 24.3 Å². The molecule has 3 N–H and O–H groups in total. The van der Waals surface area contributed by atoms with Crippen molar-refractivity contribution in [3.63, 3.8) is 0 Å². The lowest BCUT2D eigenvalue weighted by molar-refractivity contribution is 0.0365. The highest BCUT2D eigenvalue weighted by Gasteiger charge is 2.21. The molecule has 246 valence electrons. The zero-order valence-corrected chi connectivity index (χ0v) is 27.7. The van der Waals surface area contributed by atoms with Crippen LogP contribution in [0, 0.1) is 0 Å². The molecule has 5 rings (SSSR count). The molecule has 1 aliphatic heterocycles. The van der Waals surface area contributed by atoms with Gasteiger partial charge in [0, 0.05) is 43.2 Å². The molecule has 1 saturated heterocycles. The molecule has 2 heterocycles. The van der Waals surface area contributed by atoms with E-state index < -0.39 is 11.7 Å². The van der Waals surface area contributed by atoms with Crippen LogP contribution in [0.1, 0.15) is 66.5 Å². The molecule has 11 nitrogen and oxygen atoms in total. The van der Waals surface area contributed by atoms with Crippen molar-refractivity contribution >= 4 is 45.9 Å².